The molecule has 16 heavy (non-hydrogen) atoms. The van der Waals surface area contributed by atoms with Crippen molar-refractivity contribution < 1.29 is 5.21 Å². The molecule has 3 N–H and O–H groups in total. The fourth-order valence-corrected chi connectivity index (χ4v) is 2.81. The highest BCUT2D eigenvalue weighted by atomic mass is 16.4. The summed E-state index contributed by atoms with van der Waals surface area (Å²) in [6, 6.07) is 0.711. The SMILES string of the molecule is NC(=NO)N1CCC(N2CCCCC2)CC1. The molecular weight excluding hydrogens is 204 g/mol. The van der Waals surface area contributed by atoms with Gasteiger partial charge in [-0.1, -0.05) is 11.6 Å². The predicted octanol–water partition coefficient (Wildman–Crippen LogP) is 0.641. The summed E-state index contributed by atoms with van der Waals surface area (Å²) in [5.41, 5.74) is 5.58. The quantitative estimate of drug-likeness (QED) is 0.298. The Morgan fingerprint density at radius 1 is 1.06 bits per heavy atom. The van der Waals surface area contributed by atoms with Gasteiger partial charge in [-0.15, -0.1) is 0 Å². The van der Waals surface area contributed by atoms with Crippen LogP contribution in [0.5, 0.6) is 0 Å². The van der Waals surface area contributed by atoms with E-state index in [0.717, 1.165) is 25.9 Å². The maximum Gasteiger partial charge on any atom is 0.233 e. The molecule has 2 aliphatic rings. The smallest absolute Gasteiger partial charge is 0.233 e. The van der Waals surface area contributed by atoms with Crippen LogP contribution in [0, 0.1) is 0 Å². The number of guanidine groups is 1. The first-order valence-corrected chi connectivity index (χ1v) is 6.28. The topological polar surface area (TPSA) is 65.1 Å². The number of piperidine rings is 2. The molecule has 5 heteroatoms. The number of oxime groups is 1. The third-order valence-electron chi connectivity index (χ3n) is 3.80. The number of rotatable bonds is 1. The lowest BCUT2D eigenvalue weighted by Crippen LogP contribution is -2.49. The Balaban J connectivity index is 1.80. The van der Waals surface area contributed by atoms with E-state index in [2.05, 4.69) is 10.1 Å². The van der Waals surface area contributed by atoms with Crippen LogP contribution in [0.2, 0.25) is 0 Å². The first kappa shape index (κ1) is 11.5. The Kier molecular flexibility index (Phi) is 3.88. The van der Waals surface area contributed by atoms with Crippen molar-refractivity contribution in [3.05, 3.63) is 0 Å². The summed E-state index contributed by atoms with van der Waals surface area (Å²) in [5.74, 6) is 0.261. The Morgan fingerprint density at radius 3 is 2.25 bits per heavy atom. The fraction of sp³-hybridized carbons (Fsp3) is 0.909. The van der Waals surface area contributed by atoms with Crippen molar-refractivity contribution in [2.24, 2.45) is 10.9 Å². The first-order chi connectivity index (χ1) is 7.81. The highest BCUT2D eigenvalue weighted by molar-refractivity contribution is 5.77. The molecule has 2 rings (SSSR count). The Bertz CT molecular complexity index is 242. The molecule has 0 aromatic rings. The molecule has 2 heterocycles. The van der Waals surface area contributed by atoms with Gasteiger partial charge in [-0.3, -0.25) is 0 Å². The molecule has 2 fully saturated rings. The van der Waals surface area contributed by atoms with Crippen LogP contribution < -0.4 is 5.73 Å². The molecule has 0 aliphatic carbocycles. The lowest BCUT2D eigenvalue weighted by molar-refractivity contribution is 0.113. The van der Waals surface area contributed by atoms with E-state index in [1.807, 2.05) is 4.90 Å². The van der Waals surface area contributed by atoms with Gasteiger partial charge < -0.3 is 20.7 Å². The number of nitrogens with zero attached hydrogens (tertiary/aromatic N) is 3. The molecule has 5 nitrogen and oxygen atoms in total. The second-order valence-corrected chi connectivity index (χ2v) is 4.77. The Labute approximate surface area is 96.9 Å². The average molecular weight is 226 g/mol. The van der Waals surface area contributed by atoms with Gasteiger partial charge in [0, 0.05) is 19.1 Å². The zero-order chi connectivity index (χ0) is 11.4. The van der Waals surface area contributed by atoms with Crippen LogP contribution in [-0.4, -0.2) is 53.2 Å². The summed E-state index contributed by atoms with van der Waals surface area (Å²) in [5, 5.41) is 11.7. The van der Waals surface area contributed by atoms with Gasteiger partial charge in [0.25, 0.3) is 0 Å². The molecule has 0 spiro atoms. The molecule has 0 unspecified atom stereocenters. The van der Waals surface area contributed by atoms with E-state index in [4.69, 9.17) is 10.9 Å². The third kappa shape index (κ3) is 2.58. The minimum atomic E-state index is 0.261. The molecule has 0 amide bonds. The van der Waals surface area contributed by atoms with Crippen molar-refractivity contribution in [1.82, 2.24) is 9.80 Å². The van der Waals surface area contributed by atoms with E-state index in [1.54, 1.807) is 0 Å². The van der Waals surface area contributed by atoms with Crippen molar-refractivity contribution >= 4 is 5.96 Å². The van der Waals surface area contributed by atoms with Crippen LogP contribution in [0.15, 0.2) is 5.16 Å². The van der Waals surface area contributed by atoms with E-state index in [9.17, 15) is 0 Å². The van der Waals surface area contributed by atoms with E-state index in [0.29, 0.717) is 6.04 Å². The van der Waals surface area contributed by atoms with E-state index in [-0.39, 0.29) is 5.96 Å². The van der Waals surface area contributed by atoms with Crippen molar-refractivity contribution in [3.8, 4) is 0 Å². The number of nitrogens with two attached hydrogens (primary N) is 1. The van der Waals surface area contributed by atoms with Crippen LogP contribution in [0.1, 0.15) is 32.1 Å². The van der Waals surface area contributed by atoms with Gasteiger partial charge in [-0.25, -0.2) is 0 Å². The van der Waals surface area contributed by atoms with Gasteiger partial charge >= 0.3 is 0 Å². The number of hydrogen-bond acceptors (Lipinski definition) is 3. The summed E-state index contributed by atoms with van der Waals surface area (Å²) < 4.78 is 0. The average Bonchev–Trinajstić information content (AvgIpc) is 2.39. The molecule has 0 radical (unpaired) electrons. The molecule has 0 bridgehead atoms. The van der Waals surface area contributed by atoms with Gasteiger partial charge in [0.1, 0.15) is 0 Å². The third-order valence-corrected chi connectivity index (χ3v) is 3.80. The van der Waals surface area contributed by atoms with E-state index >= 15 is 0 Å². The van der Waals surface area contributed by atoms with E-state index < -0.39 is 0 Å². The van der Waals surface area contributed by atoms with Crippen molar-refractivity contribution in [3.63, 3.8) is 0 Å². The highest BCUT2D eigenvalue weighted by Crippen LogP contribution is 2.20. The maximum atomic E-state index is 8.61. The summed E-state index contributed by atoms with van der Waals surface area (Å²) in [6.45, 7) is 4.34. The number of likely N-dealkylation sites (tertiary alicyclic amines) is 2. The van der Waals surface area contributed by atoms with Crippen LogP contribution in [0.4, 0.5) is 0 Å². The molecule has 2 aliphatic heterocycles. The van der Waals surface area contributed by atoms with Crippen LogP contribution >= 0.6 is 0 Å². The zero-order valence-electron chi connectivity index (χ0n) is 9.81. The normalized spacial score (nSPS) is 26.0. The monoisotopic (exact) mass is 226 g/mol. The molecule has 0 atom stereocenters. The van der Waals surface area contributed by atoms with Gasteiger partial charge in [0.05, 0.1) is 0 Å². The van der Waals surface area contributed by atoms with Crippen molar-refractivity contribution in [2.45, 2.75) is 38.1 Å². The van der Waals surface area contributed by atoms with Gasteiger partial charge in [0.15, 0.2) is 0 Å². The lowest BCUT2D eigenvalue weighted by atomic mass is 10.0. The standard InChI is InChI=1S/C11H22N4O/c12-11(13-16)15-8-4-10(5-9-15)14-6-2-1-3-7-14/h10,16H,1-9H2,(H2,12,13). The van der Waals surface area contributed by atoms with Crippen molar-refractivity contribution in [1.29, 1.82) is 0 Å². The minimum absolute atomic E-state index is 0.261. The van der Waals surface area contributed by atoms with E-state index in [1.165, 1.54) is 32.4 Å². The molecule has 0 aromatic carbocycles. The van der Waals surface area contributed by atoms with Gasteiger partial charge in [-0.05, 0) is 38.8 Å². The first-order valence-electron chi connectivity index (χ1n) is 6.28. The molecule has 0 saturated carbocycles. The van der Waals surface area contributed by atoms with Gasteiger partial charge in [0.2, 0.25) is 5.96 Å². The van der Waals surface area contributed by atoms with Crippen LogP contribution in [0.3, 0.4) is 0 Å². The Morgan fingerprint density at radius 2 is 1.69 bits per heavy atom. The molecule has 92 valence electrons. The maximum absolute atomic E-state index is 8.61. The molecule has 2 saturated heterocycles. The largest absolute Gasteiger partial charge is 0.408 e. The molecule has 0 aromatic heterocycles. The fourth-order valence-electron chi connectivity index (χ4n) is 2.81. The summed E-state index contributed by atoms with van der Waals surface area (Å²) in [4.78, 5) is 4.58. The summed E-state index contributed by atoms with van der Waals surface area (Å²) >= 11 is 0. The van der Waals surface area contributed by atoms with Crippen molar-refractivity contribution in [2.75, 3.05) is 26.2 Å². The second-order valence-electron chi connectivity index (χ2n) is 4.77. The van der Waals surface area contributed by atoms with Crippen LogP contribution in [-0.2, 0) is 0 Å². The predicted molar refractivity (Wildman–Crippen MR) is 63.4 cm³/mol. The minimum Gasteiger partial charge on any atom is -0.408 e. The highest BCUT2D eigenvalue weighted by Gasteiger charge is 2.26. The summed E-state index contributed by atoms with van der Waals surface area (Å²) in [6.07, 6.45) is 6.35. The Hall–Kier alpha value is -0.970. The second kappa shape index (κ2) is 5.39. The number of hydrogen-bond donors (Lipinski definition) is 2. The zero-order valence-corrected chi connectivity index (χ0v) is 9.81. The lowest BCUT2D eigenvalue weighted by Gasteiger charge is -2.40. The van der Waals surface area contributed by atoms with Crippen LogP contribution in [0.25, 0.3) is 0 Å². The van der Waals surface area contributed by atoms with Gasteiger partial charge in [-0.2, -0.15) is 0 Å². The summed E-state index contributed by atoms with van der Waals surface area (Å²) in [7, 11) is 0. The molecular formula is C11H22N4O.